The molecular weight excluding hydrogens is 588 g/mol. The van der Waals surface area contributed by atoms with Gasteiger partial charge in [0, 0.05) is 17.6 Å². The largest absolute Gasteiger partial charge is 0.352 e. The molecule has 0 spiro atoms. The number of benzene rings is 3. The summed E-state index contributed by atoms with van der Waals surface area (Å²) >= 11 is 12.4. The molecule has 1 aliphatic rings. The van der Waals surface area contributed by atoms with E-state index in [1.165, 1.54) is 23.1 Å². The van der Waals surface area contributed by atoms with E-state index in [9.17, 15) is 22.4 Å². The Morgan fingerprint density at radius 3 is 2.27 bits per heavy atom. The van der Waals surface area contributed by atoms with Crippen LogP contribution in [-0.2, 0) is 26.2 Å². The van der Waals surface area contributed by atoms with Crippen LogP contribution in [0.5, 0.6) is 0 Å². The summed E-state index contributed by atoms with van der Waals surface area (Å²) in [5, 5.41) is 3.16. The molecule has 0 aromatic heterocycles. The summed E-state index contributed by atoms with van der Waals surface area (Å²) in [5.41, 5.74) is 0.604. The third-order valence-electron chi connectivity index (χ3n) is 7.22. The molecule has 1 N–H and O–H groups in total. The number of nitrogens with one attached hydrogen (secondary N) is 1. The second-order valence-corrected chi connectivity index (χ2v) is 12.7. The molecule has 0 radical (unpaired) electrons. The van der Waals surface area contributed by atoms with Gasteiger partial charge in [0.15, 0.2) is 0 Å². The molecule has 0 aliphatic heterocycles. The van der Waals surface area contributed by atoms with Gasteiger partial charge in [-0.25, -0.2) is 12.8 Å². The summed E-state index contributed by atoms with van der Waals surface area (Å²) in [5.74, 6) is -1.71. The molecule has 3 aromatic rings. The number of carbonyl (C=O) groups is 2. The number of hydrogen-bond donors (Lipinski definition) is 1. The van der Waals surface area contributed by atoms with Gasteiger partial charge in [-0.3, -0.25) is 13.9 Å². The molecule has 1 fully saturated rings. The smallest absolute Gasteiger partial charge is 0.264 e. The van der Waals surface area contributed by atoms with Crippen molar-refractivity contribution in [2.75, 3.05) is 10.8 Å². The number of carbonyl (C=O) groups excluding carboxylic acids is 2. The Kier molecular flexibility index (Phi) is 10.3. The first kappa shape index (κ1) is 30.8. The Morgan fingerprint density at radius 2 is 1.61 bits per heavy atom. The molecule has 0 unspecified atom stereocenters. The molecule has 0 bridgehead atoms. The number of nitrogens with zero attached hydrogens (tertiary/aromatic N) is 2. The molecule has 0 saturated heterocycles. The Morgan fingerprint density at radius 1 is 0.951 bits per heavy atom. The second-order valence-electron chi connectivity index (χ2n) is 10.1. The summed E-state index contributed by atoms with van der Waals surface area (Å²) in [6.07, 6.45) is 4.90. The maximum Gasteiger partial charge on any atom is 0.264 e. The molecular formula is C30H32Cl2FN3O4S. The van der Waals surface area contributed by atoms with Crippen LogP contribution in [0.15, 0.2) is 77.7 Å². The highest BCUT2D eigenvalue weighted by Gasteiger charge is 2.33. The van der Waals surface area contributed by atoms with Gasteiger partial charge in [-0.15, -0.1) is 0 Å². The molecule has 3 aromatic carbocycles. The van der Waals surface area contributed by atoms with Crippen molar-refractivity contribution in [3.8, 4) is 0 Å². The van der Waals surface area contributed by atoms with Crippen molar-refractivity contribution >= 4 is 50.7 Å². The van der Waals surface area contributed by atoms with Crippen LogP contribution in [0.25, 0.3) is 0 Å². The number of hydrogen-bond acceptors (Lipinski definition) is 4. The zero-order chi connectivity index (χ0) is 29.6. The van der Waals surface area contributed by atoms with Gasteiger partial charge in [0.25, 0.3) is 10.0 Å². The van der Waals surface area contributed by atoms with E-state index in [-0.39, 0.29) is 34.1 Å². The van der Waals surface area contributed by atoms with Gasteiger partial charge < -0.3 is 10.2 Å². The van der Waals surface area contributed by atoms with Crippen LogP contribution in [0.4, 0.5) is 10.1 Å². The summed E-state index contributed by atoms with van der Waals surface area (Å²) in [6, 6.07) is 17.1. The van der Waals surface area contributed by atoms with Crippen LogP contribution in [0.1, 0.15) is 44.6 Å². The summed E-state index contributed by atoms with van der Waals surface area (Å²) < 4.78 is 42.5. The fraction of sp³-hybridized carbons (Fsp3) is 0.333. The Hall–Kier alpha value is -3.14. The Bertz CT molecular complexity index is 1480. The lowest BCUT2D eigenvalue weighted by Gasteiger charge is -2.33. The minimum atomic E-state index is -4.28. The SMILES string of the molecule is C[C@@H](C(=O)NC1CCCCC1)N(Cc1ccccc1Cl)C(=O)CN(c1ccc(F)c(Cl)c1)S(=O)(=O)c1ccccc1. The van der Waals surface area contributed by atoms with Crippen LogP contribution in [-0.4, -0.2) is 43.8 Å². The molecule has 1 atom stereocenters. The van der Waals surface area contributed by atoms with Gasteiger partial charge in [-0.05, 0) is 61.7 Å². The van der Waals surface area contributed by atoms with Crippen LogP contribution in [0, 0.1) is 5.82 Å². The third-order valence-corrected chi connectivity index (χ3v) is 9.67. The summed E-state index contributed by atoms with van der Waals surface area (Å²) in [6.45, 7) is 0.920. The molecule has 4 rings (SSSR count). The first-order valence-corrected chi connectivity index (χ1v) is 15.6. The molecule has 7 nitrogen and oxygen atoms in total. The van der Waals surface area contributed by atoms with E-state index in [1.807, 2.05) is 0 Å². The number of amides is 2. The molecule has 1 aliphatic carbocycles. The molecule has 11 heteroatoms. The van der Waals surface area contributed by atoms with E-state index in [1.54, 1.807) is 49.4 Å². The summed E-state index contributed by atoms with van der Waals surface area (Å²) in [7, 11) is -4.28. The first-order valence-electron chi connectivity index (χ1n) is 13.4. The van der Waals surface area contributed by atoms with E-state index in [4.69, 9.17) is 23.2 Å². The maximum atomic E-state index is 14.0. The number of anilines is 1. The van der Waals surface area contributed by atoms with Gasteiger partial charge in [-0.2, -0.15) is 0 Å². The third kappa shape index (κ3) is 7.58. The van der Waals surface area contributed by atoms with Crippen molar-refractivity contribution < 1.29 is 22.4 Å². The average molecular weight is 621 g/mol. The lowest BCUT2D eigenvalue weighted by Crippen LogP contribution is -2.53. The minimum absolute atomic E-state index is 0.00519. The van der Waals surface area contributed by atoms with Gasteiger partial charge in [0.05, 0.1) is 15.6 Å². The lowest BCUT2D eigenvalue weighted by molar-refractivity contribution is -0.139. The van der Waals surface area contributed by atoms with Crippen molar-refractivity contribution in [3.63, 3.8) is 0 Å². The summed E-state index contributed by atoms with van der Waals surface area (Å²) in [4.78, 5) is 28.6. The minimum Gasteiger partial charge on any atom is -0.352 e. The highest BCUT2D eigenvalue weighted by molar-refractivity contribution is 7.92. The standard InChI is InChI=1S/C30H32Cl2FN3O4S/c1-21(30(38)34-23-11-4-2-5-12-23)35(19-22-10-8-9-15-26(22)31)29(37)20-36(24-16-17-28(33)27(32)18-24)41(39,40)25-13-6-3-7-14-25/h3,6-10,13-18,21,23H,2,4-5,11-12,19-20H2,1H3,(H,34,38)/t21-/m0/s1. The Balaban J connectivity index is 1.69. The normalized spacial score (nSPS) is 14.7. The Labute approximate surface area is 250 Å². The predicted octanol–water partition coefficient (Wildman–Crippen LogP) is 6.19. The molecule has 41 heavy (non-hydrogen) atoms. The monoisotopic (exact) mass is 619 g/mol. The number of rotatable bonds is 10. The highest BCUT2D eigenvalue weighted by Crippen LogP contribution is 2.29. The predicted molar refractivity (Wildman–Crippen MR) is 159 cm³/mol. The van der Waals surface area contributed by atoms with Crippen molar-refractivity contribution in [2.24, 2.45) is 0 Å². The fourth-order valence-electron chi connectivity index (χ4n) is 4.85. The number of halogens is 3. The van der Waals surface area contributed by atoms with E-state index in [2.05, 4.69) is 5.32 Å². The van der Waals surface area contributed by atoms with Crippen molar-refractivity contribution in [1.29, 1.82) is 0 Å². The van der Waals surface area contributed by atoms with Gasteiger partial charge in [0.2, 0.25) is 11.8 Å². The van der Waals surface area contributed by atoms with Crippen LogP contribution < -0.4 is 9.62 Å². The zero-order valence-corrected chi connectivity index (χ0v) is 24.9. The molecule has 1 saturated carbocycles. The molecule has 2 amide bonds. The average Bonchev–Trinajstić information content (AvgIpc) is 2.97. The van der Waals surface area contributed by atoms with E-state index in [0.29, 0.717) is 10.6 Å². The van der Waals surface area contributed by atoms with Crippen molar-refractivity contribution in [1.82, 2.24) is 10.2 Å². The zero-order valence-electron chi connectivity index (χ0n) is 22.6. The van der Waals surface area contributed by atoms with Crippen LogP contribution in [0.3, 0.4) is 0 Å². The highest BCUT2D eigenvalue weighted by atomic mass is 35.5. The quantitative estimate of drug-likeness (QED) is 0.293. The van der Waals surface area contributed by atoms with E-state index >= 15 is 0 Å². The fourth-order valence-corrected chi connectivity index (χ4v) is 6.65. The molecule has 0 heterocycles. The van der Waals surface area contributed by atoms with Gasteiger partial charge >= 0.3 is 0 Å². The molecule has 218 valence electrons. The van der Waals surface area contributed by atoms with Crippen molar-refractivity contribution in [3.05, 3.63) is 94.2 Å². The first-order chi connectivity index (χ1) is 19.6. The van der Waals surface area contributed by atoms with E-state index in [0.717, 1.165) is 48.5 Å². The maximum absolute atomic E-state index is 14.0. The van der Waals surface area contributed by atoms with Crippen LogP contribution in [0.2, 0.25) is 10.0 Å². The van der Waals surface area contributed by atoms with Gasteiger partial charge in [-0.1, -0.05) is 78.9 Å². The lowest BCUT2D eigenvalue weighted by atomic mass is 9.95. The number of sulfonamides is 1. The van der Waals surface area contributed by atoms with E-state index < -0.39 is 34.3 Å². The van der Waals surface area contributed by atoms with Crippen molar-refractivity contribution in [2.45, 2.75) is 62.6 Å². The topological polar surface area (TPSA) is 86.8 Å². The van der Waals surface area contributed by atoms with Crippen LogP contribution >= 0.6 is 23.2 Å². The second kappa shape index (κ2) is 13.7. The van der Waals surface area contributed by atoms with Gasteiger partial charge in [0.1, 0.15) is 18.4 Å².